The molecule has 1 aromatic carbocycles. The molecule has 0 radical (unpaired) electrons. The van der Waals surface area contributed by atoms with Gasteiger partial charge in [0.15, 0.2) is 0 Å². The first-order chi connectivity index (χ1) is 8.78. The highest BCUT2D eigenvalue weighted by Crippen LogP contribution is 2.43. The summed E-state index contributed by atoms with van der Waals surface area (Å²) in [7, 11) is -3.64. The summed E-state index contributed by atoms with van der Waals surface area (Å²) in [6, 6.07) is 5.21. The van der Waals surface area contributed by atoms with E-state index in [9.17, 15) is 17.2 Å². The number of benzene rings is 1. The van der Waals surface area contributed by atoms with Crippen molar-refractivity contribution in [2.45, 2.75) is 37.1 Å². The Morgan fingerprint density at radius 1 is 1.21 bits per heavy atom. The average Bonchev–Trinajstić information content (AvgIpc) is 2.69. The highest BCUT2D eigenvalue weighted by atomic mass is 35.5. The molecule has 1 aliphatic heterocycles. The monoisotopic (exact) mass is 307 g/mol. The Bertz CT molecular complexity index is 625. The zero-order valence-electron chi connectivity index (χ0n) is 9.94. The van der Waals surface area contributed by atoms with E-state index in [0.29, 0.717) is 5.02 Å². The molecule has 1 fully saturated rings. The molecule has 3 rings (SSSR count). The van der Waals surface area contributed by atoms with Crippen LogP contribution in [0.1, 0.15) is 24.0 Å². The summed E-state index contributed by atoms with van der Waals surface area (Å²) in [5, 5.41) is -0.402. The molecule has 0 spiro atoms. The SMILES string of the molecule is O=S(=O)(C1CC(F)(F)C1)N1Cc2ccc(Cl)cc2C1. The van der Waals surface area contributed by atoms with Crippen molar-refractivity contribution in [2.24, 2.45) is 0 Å². The first-order valence-electron chi connectivity index (χ1n) is 5.92. The summed E-state index contributed by atoms with van der Waals surface area (Å²) in [5.41, 5.74) is 1.74. The molecule has 19 heavy (non-hydrogen) atoms. The molecule has 0 aromatic heterocycles. The largest absolute Gasteiger partial charge is 0.250 e. The van der Waals surface area contributed by atoms with Crippen molar-refractivity contribution in [3.05, 3.63) is 34.3 Å². The van der Waals surface area contributed by atoms with E-state index in [1.807, 2.05) is 0 Å². The van der Waals surface area contributed by atoms with Crippen LogP contribution in [-0.2, 0) is 23.1 Å². The molecule has 1 aliphatic carbocycles. The molecule has 2 aliphatic rings. The summed E-state index contributed by atoms with van der Waals surface area (Å²) in [6.07, 6.45) is -1.13. The smallest absolute Gasteiger partial charge is 0.212 e. The number of fused-ring (bicyclic) bond motifs is 1. The molecule has 1 aromatic rings. The van der Waals surface area contributed by atoms with Gasteiger partial charge < -0.3 is 0 Å². The number of halogens is 3. The third-order valence-electron chi connectivity index (χ3n) is 3.70. The fourth-order valence-corrected chi connectivity index (χ4v) is 4.70. The van der Waals surface area contributed by atoms with E-state index in [1.54, 1.807) is 18.2 Å². The van der Waals surface area contributed by atoms with Gasteiger partial charge in [0.05, 0.1) is 5.25 Å². The Balaban J connectivity index is 1.79. The van der Waals surface area contributed by atoms with E-state index < -0.39 is 34.0 Å². The second-order valence-corrected chi connectivity index (χ2v) is 7.76. The number of rotatable bonds is 2. The van der Waals surface area contributed by atoms with Gasteiger partial charge in [-0.2, -0.15) is 4.31 Å². The number of sulfonamides is 1. The Kier molecular flexibility index (Phi) is 2.89. The van der Waals surface area contributed by atoms with Gasteiger partial charge in [-0.15, -0.1) is 0 Å². The van der Waals surface area contributed by atoms with Crippen LogP contribution in [-0.4, -0.2) is 23.9 Å². The van der Waals surface area contributed by atoms with Crippen LogP contribution in [0.15, 0.2) is 18.2 Å². The van der Waals surface area contributed by atoms with Crippen molar-refractivity contribution in [1.29, 1.82) is 0 Å². The van der Waals surface area contributed by atoms with Gasteiger partial charge in [-0.1, -0.05) is 17.7 Å². The fourth-order valence-electron chi connectivity index (χ4n) is 2.54. The molecular weight excluding hydrogens is 296 g/mol. The summed E-state index contributed by atoms with van der Waals surface area (Å²) in [4.78, 5) is 0. The van der Waals surface area contributed by atoms with Gasteiger partial charge in [-0.25, -0.2) is 17.2 Å². The number of alkyl halides is 2. The van der Waals surface area contributed by atoms with Gasteiger partial charge >= 0.3 is 0 Å². The van der Waals surface area contributed by atoms with E-state index in [-0.39, 0.29) is 13.1 Å². The Morgan fingerprint density at radius 2 is 1.84 bits per heavy atom. The molecule has 7 heteroatoms. The molecule has 1 saturated carbocycles. The molecule has 0 amide bonds. The van der Waals surface area contributed by atoms with Gasteiger partial charge in [0, 0.05) is 31.0 Å². The van der Waals surface area contributed by atoms with Crippen LogP contribution in [0.3, 0.4) is 0 Å². The lowest BCUT2D eigenvalue weighted by molar-refractivity contribution is -0.0695. The summed E-state index contributed by atoms with van der Waals surface area (Å²) in [5.74, 6) is -2.83. The van der Waals surface area contributed by atoms with E-state index >= 15 is 0 Å². The minimum Gasteiger partial charge on any atom is -0.212 e. The Morgan fingerprint density at radius 3 is 2.47 bits per heavy atom. The normalized spacial score (nSPS) is 23.1. The summed E-state index contributed by atoms with van der Waals surface area (Å²) < 4.78 is 51.3. The molecular formula is C12H12ClF2NO2S. The first kappa shape index (κ1) is 13.3. The highest BCUT2D eigenvalue weighted by Gasteiger charge is 2.53. The molecule has 0 bridgehead atoms. The number of hydrogen-bond acceptors (Lipinski definition) is 2. The molecule has 1 heterocycles. The number of hydrogen-bond donors (Lipinski definition) is 0. The predicted molar refractivity (Wildman–Crippen MR) is 67.6 cm³/mol. The van der Waals surface area contributed by atoms with Gasteiger partial charge in [0.25, 0.3) is 5.92 Å². The standard InChI is InChI=1S/C12H12ClF2NO2S/c13-10-2-1-8-6-16(7-9(8)3-10)19(17,18)11-4-12(14,15)5-11/h1-3,11H,4-7H2. The molecule has 0 unspecified atom stereocenters. The first-order valence-corrected chi connectivity index (χ1v) is 7.80. The zero-order chi connectivity index (χ0) is 13.8. The summed E-state index contributed by atoms with van der Waals surface area (Å²) in [6.45, 7) is 0.469. The second kappa shape index (κ2) is 4.14. The number of nitrogens with zero attached hydrogens (tertiary/aromatic N) is 1. The molecule has 104 valence electrons. The Labute approximate surface area is 115 Å². The van der Waals surface area contributed by atoms with E-state index in [2.05, 4.69) is 0 Å². The van der Waals surface area contributed by atoms with Gasteiger partial charge in [-0.3, -0.25) is 0 Å². The maximum absolute atomic E-state index is 12.8. The zero-order valence-corrected chi connectivity index (χ0v) is 11.5. The average molecular weight is 308 g/mol. The Hall–Kier alpha value is -0.720. The lowest BCUT2D eigenvalue weighted by Crippen LogP contribution is -2.49. The lowest BCUT2D eigenvalue weighted by Gasteiger charge is -2.36. The van der Waals surface area contributed by atoms with Crippen molar-refractivity contribution < 1.29 is 17.2 Å². The van der Waals surface area contributed by atoms with Crippen LogP contribution < -0.4 is 0 Å². The minimum atomic E-state index is -3.64. The third kappa shape index (κ3) is 2.26. The predicted octanol–water partition coefficient (Wildman–Crippen LogP) is 2.78. The van der Waals surface area contributed by atoms with Gasteiger partial charge in [0.2, 0.25) is 10.0 Å². The van der Waals surface area contributed by atoms with Crippen LogP contribution in [0, 0.1) is 0 Å². The van der Waals surface area contributed by atoms with Crippen molar-refractivity contribution in [3.8, 4) is 0 Å². The van der Waals surface area contributed by atoms with Crippen LogP contribution in [0.2, 0.25) is 5.02 Å². The van der Waals surface area contributed by atoms with Crippen molar-refractivity contribution in [3.63, 3.8) is 0 Å². The maximum Gasteiger partial charge on any atom is 0.250 e. The van der Waals surface area contributed by atoms with E-state index in [0.717, 1.165) is 11.1 Å². The van der Waals surface area contributed by atoms with E-state index in [4.69, 9.17) is 11.6 Å². The van der Waals surface area contributed by atoms with Crippen molar-refractivity contribution in [2.75, 3.05) is 0 Å². The van der Waals surface area contributed by atoms with Gasteiger partial charge in [0.1, 0.15) is 0 Å². The van der Waals surface area contributed by atoms with E-state index in [1.165, 1.54) is 4.31 Å². The van der Waals surface area contributed by atoms with Crippen LogP contribution in [0.4, 0.5) is 8.78 Å². The third-order valence-corrected chi connectivity index (χ3v) is 6.08. The van der Waals surface area contributed by atoms with Crippen LogP contribution in [0.25, 0.3) is 0 Å². The van der Waals surface area contributed by atoms with Crippen LogP contribution >= 0.6 is 11.6 Å². The highest BCUT2D eigenvalue weighted by molar-refractivity contribution is 7.89. The quantitative estimate of drug-likeness (QED) is 0.842. The summed E-state index contributed by atoms with van der Waals surface area (Å²) >= 11 is 5.86. The van der Waals surface area contributed by atoms with Crippen molar-refractivity contribution >= 4 is 21.6 Å². The molecule has 0 saturated heterocycles. The minimum absolute atomic E-state index is 0.223. The molecule has 0 atom stereocenters. The molecule has 3 nitrogen and oxygen atoms in total. The van der Waals surface area contributed by atoms with Crippen LogP contribution in [0.5, 0.6) is 0 Å². The lowest BCUT2D eigenvalue weighted by atomic mass is 9.94. The maximum atomic E-state index is 12.8. The topological polar surface area (TPSA) is 37.4 Å². The molecule has 0 N–H and O–H groups in total. The van der Waals surface area contributed by atoms with Crippen molar-refractivity contribution in [1.82, 2.24) is 4.31 Å². The second-order valence-electron chi connectivity index (χ2n) is 5.11. The van der Waals surface area contributed by atoms with Gasteiger partial charge in [-0.05, 0) is 23.3 Å². The fraction of sp³-hybridized carbons (Fsp3) is 0.500.